The number of aliphatic carboxylic acids is 1. The van der Waals surface area contributed by atoms with Gasteiger partial charge in [0.15, 0.2) is 0 Å². The molecule has 0 aliphatic heterocycles. The Morgan fingerprint density at radius 1 is 1.46 bits per heavy atom. The van der Waals surface area contributed by atoms with Crippen molar-refractivity contribution in [1.29, 1.82) is 0 Å². The highest BCUT2D eigenvalue weighted by atomic mass is 32.2. The summed E-state index contributed by atoms with van der Waals surface area (Å²) in [4.78, 5) is 10.5. The van der Waals surface area contributed by atoms with Crippen molar-refractivity contribution in [2.24, 2.45) is 5.92 Å². The molecule has 6 heteroatoms. The second kappa shape index (κ2) is 4.27. The van der Waals surface area contributed by atoms with Crippen LogP contribution >= 0.6 is 0 Å². The molecule has 0 aromatic heterocycles. The highest BCUT2D eigenvalue weighted by Gasteiger charge is 2.15. The molecule has 0 heterocycles. The van der Waals surface area contributed by atoms with Crippen LogP contribution in [0.4, 0.5) is 0 Å². The maximum absolute atomic E-state index is 10.6. The van der Waals surface area contributed by atoms with Crippen LogP contribution in [0.1, 0.15) is 13.8 Å². The van der Waals surface area contributed by atoms with Crippen molar-refractivity contribution in [2.45, 2.75) is 13.8 Å². The molecule has 5 nitrogen and oxygen atoms in total. The fourth-order valence-corrected chi connectivity index (χ4v) is 1.05. The summed E-state index contributed by atoms with van der Waals surface area (Å²) < 4.78 is 25.4. The van der Waals surface area contributed by atoms with Crippen molar-refractivity contribution >= 4 is 16.1 Å². The van der Waals surface area contributed by atoms with E-state index in [4.69, 9.17) is 5.11 Å². The van der Waals surface area contributed by atoms with Crippen molar-refractivity contribution in [3.63, 3.8) is 0 Å². The summed E-state index contributed by atoms with van der Waals surface area (Å²) in [6.07, 6.45) is 2.02. The number of hydrogen-bond acceptors (Lipinski definition) is 4. The van der Waals surface area contributed by atoms with Crippen LogP contribution in [0.2, 0.25) is 0 Å². The molecule has 1 N–H and O–H groups in total. The standard InChI is InChI=1S/C7H12O5S/c1-5(2)4-6(7(8)9)12-13(3,10)11/h4-5H,1-3H3,(H,8,9)/b6-4-. The molecule has 76 valence electrons. The Labute approximate surface area is 77.1 Å². The third-order valence-corrected chi connectivity index (χ3v) is 1.42. The zero-order valence-electron chi connectivity index (χ0n) is 7.64. The van der Waals surface area contributed by atoms with E-state index in [2.05, 4.69) is 4.18 Å². The maximum atomic E-state index is 10.6. The van der Waals surface area contributed by atoms with Gasteiger partial charge >= 0.3 is 16.1 Å². The lowest BCUT2D eigenvalue weighted by Gasteiger charge is -2.04. The van der Waals surface area contributed by atoms with Gasteiger partial charge in [0.05, 0.1) is 6.26 Å². The molecule has 0 aliphatic carbocycles. The molecule has 0 saturated heterocycles. The van der Waals surface area contributed by atoms with Gasteiger partial charge in [0.25, 0.3) is 0 Å². The van der Waals surface area contributed by atoms with Gasteiger partial charge in [-0.2, -0.15) is 8.42 Å². The minimum Gasteiger partial charge on any atom is -0.475 e. The monoisotopic (exact) mass is 208 g/mol. The Morgan fingerprint density at radius 3 is 2.15 bits per heavy atom. The van der Waals surface area contributed by atoms with Gasteiger partial charge in [-0.3, -0.25) is 0 Å². The molecule has 0 rings (SSSR count). The Hall–Kier alpha value is -1.04. The van der Waals surface area contributed by atoms with E-state index in [1.807, 2.05) is 0 Å². The molecule has 0 saturated carbocycles. The summed E-state index contributed by atoms with van der Waals surface area (Å²) in [7, 11) is -3.76. The van der Waals surface area contributed by atoms with Crippen molar-refractivity contribution in [2.75, 3.05) is 6.26 Å². The number of carboxylic acids is 1. The summed E-state index contributed by atoms with van der Waals surface area (Å²) in [6.45, 7) is 3.43. The van der Waals surface area contributed by atoms with Gasteiger partial charge in [-0.15, -0.1) is 0 Å². The zero-order valence-corrected chi connectivity index (χ0v) is 8.46. The van der Waals surface area contributed by atoms with E-state index in [0.29, 0.717) is 0 Å². The minimum absolute atomic E-state index is 0.0900. The molecule has 0 amide bonds. The Bertz CT molecular complexity index is 312. The van der Waals surface area contributed by atoms with Crippen LogP contribution < -0.4 is 0 Å². The van der Waals surface area contributed by atoms with Crippen molar-refractivity contribution < 1.29 is 22.5 Å². The largest absolute Gasteiger partial charge is 0.475 e. The molecular weight excluding hydrogens is 196 g/mol. The van der Waals surface area contributed by atoms with Crippen molar-refractivity contribution in [3.8, 4) is 0 Å². The molecule has 0 atom stereocenters. The first kappa shape index (κ1) is 12.0. The highest BCUT2D eigenvalue weighted by molar-refractivity contribution is 7.86. The summed E-state index contributed by atoms with van der Waals surface area (Å²) in [5.74, 6) is -2.04. The van der Waals surface area contributed by atoms with Gasteiger partial charge in [0.1, 0.15) is 0 Å². The van der Waals surface area contributed by atoms with E-state index < -0.39 is 21.8 Å². The summed E-state index contributed by atoms with van der Waals surface area (Å²) in [5, 5.41) is 8.53. The lowest BCUT2D eigenvalue weighted by atomic mass is 10.2. The number of allylic oxidation sites excluding steroid dienone is 1. The number of carboxylic acid groups (broad SMARTS) is 1. The Balaban J connectivity index is 4.76. The summed E-state index contributed by atoms with van der Waals surface area (Å²) in [5.41, 5.74) is 0. The minimum atomic E-state index is -3.76. The first-order valence-corrected chi connectivity index (χ1v) is 5.38. The molecule has 0 aromatic carbocycles. The van der Waals surface area contributed by atoms with E-state index in [0.717, 1.165) is 6.26 Å². The van der Waals surface area contributed by atoms with E-state index in [-0.39, 0.29) is 5.92 Å². The zero-order chi connectivity index (χ0) is 10.6. The van der Waals surface area contributed by atoms with Gasteiger partial charge in [-0.25, -0.2) is 4.79 Å². The third kappa shape index (κ3) is 6.15. The van der Waals surface area contributed by atoms with Crippen LogP contribution in [0.15, 0.2) is 11.8 Å². The molecule has 0 fully saturated rings. The maximum Gasteiger partial charge on any atom is 0.372 e. The van der Waals surface area contributed by atoms with Crippen LogP contribution in [0.3, 0.4) is 0 Å². The smallest absolute Gasteiger partial charge is 0.372 e. The lowest BCUT2D eigenvalue weighted by molar-refractivity contribution is -0.135. The summed E-state index contributed by atoms with van der Waals surface area (Å²) >= 11 is 0. The summed E-state index contributed by atoms with van der Waals surface area (Å²) in [6, 6.07) is 0. The first-order valence-electron chi connectivity index (χ1n) is 3.57. The second-order valence-corrected chi connectivity index (χ2v) is 4.44. The van der Waals surface area contributed by atoms with Crippen LogP contribution in [0.25, 0.3) is 0 Å². The topological polar surface area (TPSA) is 80.7 Å². The SMILES string of the molecule is CC(C)/C=C(\OS(C)(=O)=O)C(=O)O. The lowest BCUT2D eigenvalue weighted by Crippen LogP contribution is -2.11. The molecule has 0 aromatic rings. The molecule has 13 heavy (non-hydrogen) atoms. The number of hydrogen-bond donors (Lipinski definition) is 1. The average molecular weight is 208 g/mol. The van der Waals surface area contributed by atoms with Gasteiger partial charge in [-0.1, -0.05) is 13.8 Å². The van der Waals surface area contributed by atoms with Crippen LogP contribution in [0.5, 0.6) is 0 Å². The highest BCUT2D eigenvalue weighted by Crippen LogP contribution is 2.07. The van der Waals surface area contributed by atoms with E-state index in [9.17, 15) is 13.2 Å². The van der Waals surface area contributed by atoms with E-state index in [1.165, 1.54) is 6.08 Å². The van der Waals surface area contributed by atoms with E-state index in [1.54, 1.807) is 13.8 Å². The molecule has 0 spiro atoms. The third-order valence-electron chi connectivity index (χ3n) is 0.937. The Morgan fingerprint density at radius 2 is 1.92 bits per heavy atom. The van der Waals surface area contributed by atoms with Gasteiger partial charge in [-0.05, 0) is 12.0 Å². The second-order valence-electron chi connectivity index (χ2n) is 2.87. The average Bonchev–Trinajstić information content (AvgIpc) is 1.81. The number of carbonyl (C=O) groups is 1. The van der Waals surface area contributed by atoms with E-state index >= 15 is 0 Å². The predicted molar refractivity (Wildman–Crippen MR) is 46.5 cm³/mol. The molecule has 0 bridgehead atoms. The van der Waals surface area contributed by atoms with Crippen LogP contribution in [0, 0.1) is 5.92 Å². The normalized spacial score (nSPS) is 13.1. The fourth-order valence-electron chi connectivity index (χ4n) is 0.601. The predicted octanol–water partition coefficient (Wildman–Crippen LogP) is 0.587. The van der Waals surface area contributed by atoms with Gasteiger partial charge in [0, 0.05) is 0 Å². The first-order chi connectivity index (χ1) is 5.72. The fraction of sp³-hybridized carbons (Fsp3) is 0.571. The quantitative estimate of drug-likeness (QED) is 0.415. The van der Waals surface area contributed by atoms with Crippen molar-refractivity contribution in [3.05, 3.63) is 11.8 Å². The van der Waals surface area contributed by atoms with Crippen LogP contribution in [-0.2, 0) is 19.1 Å². The molecule has 0 radical (unpaired) electrons. The van der Waals surface area contributed by atoms with Gasteiger partial charge in [0.2, 0.25) is 5.76 Å². The van der Waals surface area contributed by atoms with Crippen LogP contribution in [-0.4, -0.2) is 25.7 Å². The molecular formula is C7H12O5S. The Kier molecular flexibility index (Phi) is 3.93. The molecule has 0 unspecified atom stereocenters. The van der Waals surface area contributed by atoms with Crippen molar-refractivity contribution in [1.82, 2.24) is 0 Å². The number of rotatable bonds is 4. The molecule has 0 aliphatic rings. The van der Waals surface area contributed by atoms with Gasteiger partial charge < -0.3 is 9.29 Å².